The minimum atomic E-state index is -2.00. The maximum absolute atomic E-state index is 8.50. The van der Waals surface area contributed by atoms with Gasteiger partial charge in [0, 0.05) is 0 Å². The summed E-state index contributed by atoms with van der Waals surface area (Å²) in [6.45, 7) is 0. The zero-order valence-electron chi connectivity index (χ0n) is 3.86. The summed E-state index contributed by atoms with van der Waals surface area (Å²) in [7, 11) is 0. The van der Waals surface area contributed by atoms with Crippen LogP contribution in [-0.4, -0.2) is 8.42 Å². The molecule has 0 saturated heterocycles. The quantitative estimate of drug-likeness (QED) is 0.481. The van der Waals surface area contributed by atoms with Crippen molar-refractivity contribution in [1.29, 1.82) is 0 Å². The van der Waals surface area contributed by atoms with E-state index in [1.54, 1.807) is 0 Å². The van der Waals surface area contributed by atoms with E-state index >= 15 is 0 Å². The van der Waals surface area contributed by atoms with Crippen molar-refractivity contribution in [2.24, 2.45) is 0 Å². The summed E-state index contributed by atoms with van der Waals surface area (Å²) in [4.78, 5) is 0. The van der Waals surface area contributed by atoms with Crippen LogP contribution in [0.15, 0.2) is 0 Å². The first-order valence-corrected chi connectivity index (χ1v) is 4.37. The van der Waals surface area contributed by atoms with E-state index in [1.807, 2.05) is 0 Å². The molecule has 0 radical (unpaired) electrons. The van der Waals surface area contributed by atoms with Gasteiger partial charge in [-0.05, 0) is 0 Å². The summed E-state index contributed by atoms with van der Waals surface area (Å²) in [6.07, 6.45) is 0. The van der Waals surface area contributed by atoms with Gasteiger partial charge in [-0.2, -0.15) is 8.42 Å². The summed E-state index contributed by atoms with van der Waals surface area (Å²) in [5.74, 6) is 0. The molecule has 50 valence electrons. The maximum atomic E-state index is 8.50. The van der Waals surface area contributed by atoms with E-state index in [9.17, 15) is 0 Å². The molecule has 0 N–H and O–H groups in total. The van der Waals surface area contributed by atoms with Crippen molar-refractivity contribution in [2.75, 3.05) is 0 Å². The Morgan fingerprint density at radius 1 is 0.778 bits per heavy atom. The molecule has 0 aromatic heterocycles. The van der Waals surface area contributed by atoms with E-state index in [0.717, 1.165) is 0 Å². The second-order valence-corrected chi connectivity index (χ2v) is 0.891. The van der Waals surface area contributed by atoms with E-state index in [1.165, 1.54) is 0 Å². The summed E-state index contributed by atoms with van der Waals surface area (Å²) in [5, 5.41) is 0. The fourth-order valence-electron chi connectivity index (χ4n) is 0. The molecule has 6 nitrogen and oxygen atoms in total. The fraction of sp³-hybridized carbons (Fsp3) is 0. The molecule has 0 aliphatic heterocycles. The third-order valence-corrected chi connectivity index (χ3v) is 0. The molecule has 0 aliphatic carbocycles. The molecule has 0 saturated carbocycles. The molecular formula is O6STi2. The van der Waals surface area contributed by atoms with Crippen LogP contribution in [0.4, 0.5) is 0 Å². The van der Waals surface area contributed by atoms with Gasteiger partial charge in [0.15, 0.2) is 0 Å². The first-order valence-electron chi connectivity index (χ1n) is 1.15. The van der Waals surface area contributed by atoms with Crippen LogP contribution in [-0.2, 0) is 63.1 Å². The summed E-state index contributed by atoms with van der Waals surface area (Å²) in [5.41, 5.74) is 0. The van der Waals surface area contributed by atoms with Crippen molar-refractivity contribution in [3.8, 4) is 0 Å². The average Bonchev–Trinajstić information content (AvgIpc) is 1.70. The molecule has 0 unspecified atom stereocenters. The number of hydrogen-bond acceptors (Lipinski definition) is 6. The third-order valence-electron chi connectivity index (χ3n) is 0. The van der Waals surface area contributed by atoms with E-state index in [4.69, 9.17) is 21.7 Å². The molecule has 0 bridgehead atoms. The Morgan fingerprint density at radius 3 is 0.778 bits per heavy atom. The Bertz CT molecular complexity index is 103. The minimum absolute atomic E-state index is 0.750. The van der Waals surface area contributed by atoms with Gasteiger partial charge in [-0.15, -0.1) is 0 Å². The van der Waals surface area contributed by atoms with Crippen LogP contribution in [0.1, 0.15) is 0 Å². The Hall–Kier alpha value is 0.449. The number of hydrogen-bond donors (Lipinski definition) is 0. The molecule has 0 fully saturated rings. The van der Waals surface area contributed by atoms with Crippen molar-refractivity contribution in [3.05, 3.63) is 0 Å². The van der Waals surface area contributed by atoms with E-state index < -0.39 is 49.8 Å². The van der Waals surface area contributed by atoms with Gasteiger partial charge in [0.25, 0.3) is 0 Å². The Balaban J connectivity index is -0.0000000600. The zero-order valence-corrected chi connectivity index (χ0v) is 7.80. The molecule has 0 aliphatic rings. The van der Waals surface area contributed by atoms with Crippen LogP contribution in [0.3, 0.4) is 0 Å². The molecule has 9 heteroatoms. The van der Waals surface area contributed by atoms with Crippen molar-refractivity contribution >= 4 is 11.6 Å². The Morgan fingerprint density at radius 2 is 0.778 bits per heavy atom. The van der Waals surface area contributed by atoms with Crippen LogP contribution in [0.5, 0.6) is 0 Å². The second-order valence-electron chi connectivity index (χ2n) is 0.235. The van der Waals surface area contributed by atoms with Crippen LogP contribution in [0.2, 0.25) is 0 Å². The predicted molar refractivity (Wildman–Crippen MR) is 11.7 cm³/mol. The Labute approximate surface area is 71.1 Å². The Kier molecular flexibility index (Phi) is 71.0. The normalized spacial score (nSPS) is 3.11. The summed E-state index contributed by atoms with van der Waals surface area (Å²) >= 11 is -4.75. The monoisotopic (exact) mass is 224 g/mol. The first-order chi connectivity index (χ1) is 4.24. The molecule has 0 atom stereocenters. The molecule has 0 aromatic rings. The third kappa shape index (κ3) is 1750. The molecule has 9 heavy (non-hydrogen) atoms. The van der Waals surface area contributed by atoms with Crippen LogP contribution < -0.4 is 0 Å². The standard InChI is InChI=1S/O2S.4O.2Ti/c1-3-2;;;;;;. The molecule has 0 heterocycles. The fourth-order valence-corrected chi connectivity index (χ4v) is 0. The molecular weight excluding hydrogens is 224 g/mol. The SMILES string of the molecule is O=S=O.[O]=[Ti]=[O].[O]=[Ti]=[O]. The van der Waals surface area contributed by atoms with E-state index in [-0.39, 0.29) is 0 Å². The van der Waals surface area contributed by atoms with Gasteiger partial charge < -0.3 is 0 Å². The second kappa shape index (κ2) is 39.4. The molecule has 0 amide bonds. The van der Waals surface area contributed by atoms with E-state index in [0.29, 0.717) is 0 Å². The average molecular weight is 224 g/mol. The topological polar surface area (TPSA) is 102 Å². The summed E-state index contributed by atoms with van der Waals surface area (Å²) in [6, 6.07) is 0. The first kappa shape index (κ1) is 16.2. The van der Waals surface area contributed by atoms with Gasteiger partial charge in [0.2, 0.25) is 0 Å². The molecule has 0 aromatic carbocycles. The molecule has 0 spiro atoms. The summed E-state index contributed by atoms with van der Waals surface area (Å²) < 4.78 is 50.6. The van der Waals surface area contributed by atoms with Gasteiger partial charge in [0.05, 0.1) is 0 Å². The van der Waals surface area contributed by atoms with Crippen molar-refractivity contribution in [3.63, 3.8) is 0 Å². The number of rotatable bonds is 0. The van der Waals surface area contributed by atoms with Gasteiger partial charge in [0.1, 0.15) is 0 Å². The van der Waals surface area contributed by atoms with Crippen molar-refractivity contribution in [1.82, 2.24) is 0 Å². The van der Waals surface area contributed by atoms with Crippen molar-refractivity contribution in [2.45, 2.75) is 0 Å². The predicted octanol–water partition coefficient (Wildman–Crippen LogP) is -1.15. The van der Waals surface area contributed by atoms with Gasteiger partial charge in [-0.3, -0.25) is 0 Å². The van der Waals surface area contributed by atoms with Gasteiger partial charge >= 0.3 is 63.1 Å². The van der Waals surface area contributed by atoms with Crippen LogP contribution in [0.25, 0.3) is 0 Å². The van der Waals surface area contributed by atoms with Gasteiger partial charge in [-0.25, -0.2) is 0 Å². The zero-order chi connectivity index (χ0) is 8.12. The van der Waals surface area contributed by atoms with Gasteiger partial charge in [-0.1, -0.05) is 0 Å². The van der Waals surface area contributed by atoms with Crippen LogP contribution in [0, 0.1) is 0 Å². The van der Waals surface area contributed by atoms with Crippen molar-refractivity contribution < 1.29 is 59.9 Å². The van der Waals surface area contributed by atoms with E-state index in [2.05, 4.69) is 0 Å². The van der Waals surface area contributed by atoms with Crippen LogP contribution >= 0.6 is 0 Å². The molecule has 0 rings (SSSR count).